The minimum Gasteiger partial charge on any atom is -0.478 e. The second kappa shape index (κ2) is 10.9. The van der Waals surface area contributed by atoms with Crippen molar-refractivity contribution in [3.8, 4) is 0 Å². The Labute approximate surface area is 206 Å². The minimum atomic E-state index is -1.41. The number of carbonyl (C=O) groups is 4. The molecule has 3 aromatic carbocycles. The molecule has 0 aliphatic heterocycles. The smallest absolute Gasteiger partial charge is 0.336 e. The van der Waals surface area contributed by atoms with Gasteiger partial charge in [-0.15, -0.1) is 11.8 Å². The summed E-state index contributed by atoms with van der Waals surface area (Å²) in [6.45, 7) is 5.65. The highest BCUT2D eigenvalue weighted by atomic mass is 32.2. The Kier molecular flexibility index (Phi) is 7.93. The average Bonchev–Trinajstić information content (AvgIpc) is 2.81. The van der Waals surface area contributed by atoms with Gasteiger partial charge in [0.1, 0.15) is 0 Å². The van der Waals surface area contributed by atoms with E-state index < -0.39 is 28.7 Å². The first-order valence-electron chi connectivity index (χ1n) is 10.6. The third kappa shape index (κ3) is 6.48. The molecule has 0 aromatic heterocycles. The molecule has 180 valence electrons. The first kappa shape index (κ1) is 25.5. The Morgan fingerprint density at radius 1 is 0.829 bits per heavy atom. The topological polar surface area (TPSA) is 133 Å². The zero-order valence-corrected chi connectivity index (χ0v) is 20.1. The van der Waals surface area contributed by atoms with Crippen LogP contribution in [0.25, 0.3) is 0 Å². The van der Waals surface area contributed by atoms with Gasteiger partial charge < -0.3 is 20.8 Å². The molecule has 1 unspecified atom stereocenters. The number of benzene rings is 3. The number of aryl methyl sites for hydroxylation is 2. The Morgan fingerprint density at radius 2 is 1.57 bits per heavy atom. The van der Waals surface area contributed by atoms with Crippen LogP contribution in [0.15, 0.2) is 65.6 Å². The summed E-state index contributed by atoms with van der Waals surface area (Å²) in [4.78, 5) is 48.8. The van der Waals surface area contributed by atoms with Crippen molar-refractivity contribution in [2.24, 2.45) is 0 Å². The molecule has 0 aliphatic rings. The van der Waals surface area contributed by atoms with Gasteiger partial charge in [-0.25, -0.2) is 9.59 Å². The zero-order valence-electron chi connectivity index (χ0n) is 19.3. The number of nitrogens with one attached hydrogen (secondary N) is 2. The van der Waals surface area contributed by atoms with Gasteiger partial charge in [-0.2, -0.15) is 0 Å². The van der Waals surface area contributed by atoms with Gasteiger partial charge in [-0.05, 0) is 74.4 Å². The minimum absolute atomic E-state index is 0.164. The molecule has 3 rings (SSSR count). The lowest BCUT2D eigenvalue weighted by molar-refractivity contribution is -0.115. The fraction of sp³-hybridized carbons (Fsp3) is 0.154. The first-order chi connectivity index (χ1) is 16.5. The van der Waals surface area contributed by atoms with Crippen LogP contribution in [0, 0.1) is 13.8 Å². The van der Waals surface area contributed by atoms with Gasteiger partial charge in [0, 0.05) is 16.3 Å². The van der Waals surface area contributed by atoms with E-state index in [2.05, 4.69) is 10.6 Å². The molecule has 8 nitrogen and oxygen atoms in total. The van der Waals surface area contributed by atoms with Crippen molar-refractivity contribution in [1.29, 1.82) is 0 Å². The molecule has 1 atom stereocenters. The van der Waals surface area contributed by atoms with Crippen LogP contribution in [0.2, 0.25) is 0 Å². The van der Waals surface area contributed by atoms with Crippen LogP contribution in [-0.4, -0.2) is 39.2 Å². The van der Waals surface area contributed by atoms with Crippen molar-refractivity contribution >= 4 is 46.9 Å². The van der Waals surface area contributed by atoms with Crippen LogP contribution in [-0.2, 0) is 4.79 Å². The standard InChI is InChI=1S/C26H24N2O6S/c1-14-7-8-15(2)22(11-14)28-23(29)16(3)35-19-6-4-5-18(13-19)27-24(30)20-10-9-17(25(31)32)12-21(20)26(33)34/h4-13,16H,1-3H3,(H,27,30)(H,28,29)(H,31,32)(H,33,34). The number of carboxylic acids is 2. The summed E-state index contributed by atoms with van der Waals surface area (Å²) >= 11 is 1.31. The van der Waals surface area contributed by atoms with Crippen molar-refractivity contribution in [2.45, 2.75) is 30.9 Å². The largest absolute Gasteiger partial charge is 0.478 e. The highest BCUT2D eigenvalue weighted by Gasteiger charge is 2.20. The number of hydrogen-bond donors (Lipinski definition) is 4. The fourth-order valence-corrected chi connectivity index (χ4v) is 4.19. The monoisotopic (exact) mass is 492 g/mol. The van der Waals surface area contributed by atoms with Crippen LogP contribution in [0.1, 0.15) is 49.1 Å². The second-order valence-corrected chi connectivity index (χ2v) is 9.33. The van der Waals surface area contributed by atoms with Gasteiger partial charge in [0.15, 0.2) is 0 Å². The third-order valence-corrected chi connectivity index (χ3v) is 6.26. The van der Waals surface area contributed by atoms with Crippen molar-refractivity contribution in [3.05, 3.63) is 88.5 Å². The SMILES string of the molecule is Cc1ccc(C)c(NC(=O)C(C)Sc2cccc(NC(=O)c3ccc(C(=O)O)cc3C(=O)O)c2)c1. The molecule has 2 amide bonds. The molecule has 0 fully saturated rings. The molecule has 0 bridgehead atoms. The quantitative estimate of drug-likeness (QED) is 0.323. The van der Waals surface area contributed by atoms with Crippen molar-refractivity contribution in [2.75, 3.05) is 10.6 Å². The van der Waals surface area contributed by atoms with Crippen LogP contribution >= 0.6 is 11.8 Å². The number of carbonyl (C=O) groups excluding carboxylic acids is 2. The van der Waals surface area contributed by atoms with Gasteiger partial charge in [0.25, 0.3) is 5.91 Å². The molecule has 0 aliphatic carbocycles. The van der Waals surface area contributed by atoms with Crippen molar-refractivity contribution < 1.29 is 29.4 Å². The molecule has 9 heteroatoms. The van der Waals surface area contributed by atoms with E-state index in [1.807, 2.05) is 32.0 Å². The molecular weight excluding hydrogens is 468 g/mol. The number of aromatic carboxylic acids is 2. The van der Waals surface area contributed by atoms with E-state index in [9.17, 15) is 24.3 Å². The lowest BCUT2D eigenvalue weighted by Crippen LogP contribution is -2.23. The lowest BCUT2D eigenvalue weighted by atomic mass is 10.0. The van der Waals surface area contributed by atoms with Gasteiger partial charge in [0.05, 0.1) is 21.9 Å². The van der Waals surface area contributed by atoms with E-state index in [0.29, 0.717) is 5.69 Å². The Hall–Kier alpha value is -4.11. The predicted octanol–water partition coefficient (Wildman–Crippen LogP) is 5.07. The zero-order chi connectivity index (χ0) is 25.7. The second-order valence-electron chi connectivity index (χ2n) is 7.92. The molecule has 35 heavy (non-hydrogen) atoms. The normalized spacial score (nSPS) is 11.4. The van der Waals surface area contributed by atoms with E-state index in [0.717, 1.165) is 27.8 Å². The maximum absolute atomic E-state index is 12.7. The third-order valence-electron chi connectivity index (χ3n) is 5.17. The highest BCUT2D eigenvalue weighted by molar-refractivity contribution is 8.00. The van der Waals surface area contributed by atoms with Crippen LogP contribution in [0.5, 0.6) is 0 Å². The predicted molar refractivity (Wildman–Crippen MR) is 135 cm³/mol. The Morgan fingerprint density at radius 3 is 2.26 bits per heavy atom. The average molecular weight is 493 g/mol. The van der Waals surface area contributed by atoms with Gasteiger partial charge in [-0.1, -0.05) is 18.2 Å². The van der Waals surface area contributed by atoms with E-state index in [4.69, 9.17) is 5.11 Å². The summed E-state index contributed by atoms with van der Waals surface area (Å²) in [5.41, 5.74) is 2.35. The number of anilines is 2. The summed E-state index contributed by atoms with van der Waals surface area (Å²) in [6.07, 6.45) is 0. The number of amides is 2. The van der Waals surface area contributed by atoms with Gasteiger partial charge in [-0.3, -0.25) is 9.59 Å². The van der Waals surface area contributed by atoms with Crippen LogP contribution < -0.4 is 10.6 Å². The highest BCUT2D eigenvalue weighted by Crippen LogP contribution is 2.28. The molecule has 0 radical (unpaired) electrons. The van der Waals surface area contributed by atoms with E-state index in [-0.39, 0.29) is 17.0 Å². The number of hydrogen-bond acceptors (Lipinski definition) is 5. The number of rotatable bonds is 8. The van der Waals surface area contributed by atoms with Gasteiger partial charge in [0.2, 0.25) is 5.91 Å². The molecule has 0 saturated heterocycles. The first-order valence-corrected chi connectivity index (χ1v) is 11.5. The summed E-state index contributed by atoms with van der Waals surface area (Å²) in [5, 5.41) is 23.6. The van der Waals surface area contributed by atoms with E-state index in [1.165, 1.54) is 23.9 Å². The van der Waals surface area contributed by atoms with Crippen LogP contribution in [0.4, 0.5) is 11.4 Å². The number of thioether (sulfide) groups is 1. The van der Waals surface area contributed by atoms with Crippen LogP contribution in [0.3, 0.4) is 0 Å². The molecule has 0 heterocycles. The number of carboxylic acid groups (broad SMARTS) is 2. The Balaban J connectivity index is 1.72. The molecule has 4 N–H and O–H groups in total. The lowest BCUT2D eigenvalue weighted by Gasteiger charge is -2.15. The fourth-order valence-electron chi connectivity index (χ4n) is 3.26. The summed E-state index contributed by atoms with van der Waals surface area (Å²) in [6, 6.07) is 15.9. The summed E-state index contributed by atoms with van der Waals surface area (Å²) in [7, 11) is 0. The molecule has 3 aromatic rings. The van der Waals surface area contributed by atoms with E-state index in [1.54, 1.807) is 31.2 Å². The summed E-state index contributed by atoms with van der Waals surface area (Å²) in [5.74, 6) is -3.56. The molecule has 0 saturated carbocycles. The Bertz CT molecular complexity index is 1320. The van der Waals surface area contributed by atoms with Gasteiger partial charge >= 0.3 is 11.9 Å². The maximum Gasteiger partial charge on any atom is 0.336 e. The molecule has 0 spiro atoms. The maximum atomic E-state index is 12.7. The summed E-state index contributed by atoms with van der Waals surface area (Å²) < 4.78 is 0. The van der Waals surface area contributed by atoms with E-state index >= 15 is 0 Å². The molecular formula is C26H24N2O6S. The van der Waals surface area contributed by atoms with Crippen molar-refractivity contribution in [3.63, 3.8) is 0 Å². The van der Waals surface area contributed by atoms with Crippen molar-refractivity contribution in [1.82, 2.24) is 0 Å².